The Labute approximate surface area is 161 Å². The summed E-state index contributed by atoms with van der Waals surface area (Å²) in [6.45, 7) is 8.77. The van der Waals surface area contributed by atoms with E-state index in [4.69, 9.17) is 4.55 Å². The molecule has 2 N–H and O–H groups in total. The van der Waals surface area contributed by atoms with Crippen LogP contribution in [0, 0.1) is 11.8 Å². The second kappa shape index (κ2) is 8.96. The van der Waals surface area contributed by atoms with Crippen molar-refractivity contribution in [3.8, 4) is 0 Å². The molecule has 0 spiro atoms. The molecule has 1 aromatic carbocycles. The van der Waals surface area contributed by atoms with Gasteiger partial charge in [-0.25, -0.2) is 8.93 Å². The molecular formula is C21H34N2O2S. The molecule has 3 atom stereocenters. The highest BCUT2D eigenvalue weighted by atomic mass is 32.2. The van der Waals surface area contributed by atoms with E-state index in [0.717, 1.165) is 17.4 Å². The Morgan fingerprint density at radius 3 is 2.62 bits per heavy atom. The second-order valence-corrected chi connectivity index (χ2v) is 8.88. The van der Waals surface area contributed by atoms with Crippen molar-refractivity contribution in [1.29, 1.82) is 0 Å². The molecule has 2 aliphatic rings. The molecule has 0 bridgehead atoms. The summed E-state index contributed by atoms with van der Waals surface area (Å²) in [5.74, 6) is 1.59. The molecule has 1 aliphatic carbocycles. The minimum Gasteiger partial charge on any atom is -0.303 e. The molecule has 3 unspecified atom stereocenters. The van der Waals surface area contributed by atoms with Gasteiger partial charge in [-0.05, 0) is 42.3 Å². The molecule has 0 radical (unpaired) electrons. The zero-order chi connectivity index (χ0) is 18.6. The van der Waals surface area contributed by atoms with Crippen molar-refractivity contribution in [3.63, 3.8) is 0 Å². The zero-order valence-corrected chi connectivity index (χ0v) is 17.1. The van der Waals surface area contributed by atoms with Gasteiger partial charge >= 0.3 is 0 Å². The summed E-state index contributed by atoms with van der Waals surface area (Å²) < 4.78 is 22.5. The summed E-state index contributed by atoms with van der Waals surface area (Å²) in [5.41, 5.74) is 2.90. The Bertz CT molecular complexity index is 610. The van der Waals surface area contributed by atoms with Gasteiger partial charge in [-0.2, -0.15) is 0 Å². The van der Waals surface area contributed by atoms with E-state index in [0.29, 0.717) is 12.0 Å². The Hall–Kier alpha value is -0.750. The molecule has 146 valence electrons. The summed E-state index contributed by atoms with van der Waals surface area (Å²) in [6, 6.07) is 8.69. The van der Waals surface area contributed by atoms with Crippen LogP contribution in [0.4, 0.5) is 0 Å². The molecule has 0 aromatic heterocycles. The molecule has 1 heterocycles. The average Bonchev–Trinajstić information content (AvgIpc) is 3.01. The number of benzene rings is 1. The molecular weight excluding hydrogens is 344 g/mol. The number of rotatable bonds is 11. The maximum atomic E-state index is 10.9. The molecule has 1 aliphatic heterocycles. The highest BCUT2D eigenvalue weighted by Crippen LogP contribution is 2.65. The van der Waals surface area contributed by atoms with Crippen LogP contribution < -0.4 is 4.72 Å². The fourth-order valence-electron chi connectivity index (χ4n) is 5.23. The molecule has 1 aromatic rings. The lowest BCUT2D eigenvalue weighted by Gasteiger charge is -2.27. The summed E-state index contributed by atoms with van der Waals surface area (Å²) in [5, 5.41) is 0. The second-order valence-electron chi connectivity index (χ2n) is 8.09. The van der Waals surface area contributed by atoms with E-state index < -0.39 is 11.3 Å². The standard InChI is InChI=1S/C21H34N2O2S/c1-3-5-6-7-12-23-15-19-20(16-23)21(19,11-4-2)18-10-8-9-17(13-18)14-22-26(24)25/h8-10,13,19-20,22H,3-7,11-12,14-16H2,1-2H3,(H,24,25). The van der Waals surface area contributed by atoms with Crippen LogP contribution in [-0.2, 0) is 23.2 Å². The highest BCUT2D eigenvalue weighted by Gasteiger charge is 2.67. The summed E-state index contributed by atoms with van der Waals surface area (Å²) in [7, 11) is 0. The van der Waals surface area contributed by atoms with Crippen LogP contribution >= 0.6 is 0 Å². The summed E-state index contributed by atoms with van der Waals surface area (Å²) >= 11 is -1.95. The Kier molecular flexibility index (Phi) is 6.89. The lowest BCUT2D eigenvalue weighted by molar-refractivity contribution is 0.261. The van der Waals surface area contributed by atoms with Crippen LogP contribution in [0.5, 0.6) is 0 Å². The first-order valence-electron chi connectivity index (χ1n) is 10.3. The van der Waals surface area contributed by atoms with Crippen LogP contribution in [0.15, 0.2) is 24.3 Å². The summed E-state index contributed by atoms with van der Waals surface area (Å²) in [6.07, 6.45) is 7.85. The van der Waals surface area contributed by atoms with Crippen molar-refractivity contribution in [1.82, 2.24) is 9.62 Å². The lowest BCUT2D eigenvalue weighted by Crippen LogP contribution is -2.31. The van der Waals surface area contributed by atoms with E-state index in [1.807, 2.05) is 6.07 Å². The predicted octanol–water partition coefficient (Wildman–Crippen LogP) is 4.09. The maximum absolute atomic E-state index is 10.9. The maximum Gasteiger partial charge on any atom is 0.232 e. The van der Waals surface area contributed by atoms with Gasteiger partial charge in [0.25, 0.3) is 0 Å². The fraction of sp³-hybridized carbons (Fsp3) is 0.714. The molecule has 3 rings (SSSR count). The smallest absolute Gasteiger partial charge is 0.232 e. The van der Waals surface area contributed by atoms with Crippen molar-refractivity contribution in [2.24, 2.45) is 11.8 Å². The molecule has 2 fully saturated rings. The number of hydrogen-bond acceptors (Lipinski definition) is 2. The predicted molar refractivity (Wildman–Crippen MR) is 108 cm³/mol. The quantitative estimate of drug-likeness (QED) is 0.450. The third kappa shape index (κ3) is 4.22. The summed E-state index contributed by atoms with van der Waals surface area (Å²) in [4.78, 5) is 2.68. The average molecular weight is 379 g/mol. The third-order valence-electron chi connectivity index (χ3n) is 6.47. The van der Waals surface area contributed by atoms with Crippen molar-refractivity contribution in [3.05, 3.63) is 35.4 Å². The first-order valence-corrected chi connectivity index (χ1v) is 11.4. The van der Waals surface area contributed by atoms with Gasteiger partial charge in [-0.15, -0.1) is 0 Å². The normalized spacial score (nSPS) is 28.9. The number of piperidine rings is 1. The third-order valence-corrected chi connectivity index (χ3v) is 6.86. The van der Waals surface area contributed by atoms with Crippen molar-refractivity contribution >= 4 is 11.3 Å². The van der Waals surface area contributed by atoms with Gasteiger partial charge < -0.3 is 4.90 Å². The van der Waals surface area contributed by atoms with E-state index in [1.165, 1.54) is 63.7 Å². The molecule has 5 heteroatoms. The van der Waals surface area contributed by atoms with Crippen LogP contribution in [0.1, 0.15) is 63.5 Å². The SMILES string of the molecule is CCCCCCN1CC2C(C1)C2(CCC)c1cccc(CNS(=O)O)c1. The molecule has 4 nitrogen and oxygen atoms in total. The fourth-order valence-corrected chi connectivity index (χ4v) is 5.52. The first kappa shape index (κ1) is 20.0. The van der Waals surface area contributed by atoms with E-state index in [2.05, 4.69) is 41.7 Å². The van der Waals surface area contributed by atoms with Gasteiger partial charge in [0.05, 0.1) is 0 Å². The van der Waals surface area contributed by atoms with Crippen LogP contribution in [0.2, 0.25) is 0 Å². The van der Waals surface area contributed by atoms with Crippen molar-refractivity contribution < 1.29 is 8.76 Å². The van der Waals surface area contributed by atoms with Crippen molar-refractivity contribution in [2.45, 2.75) is 64.3 Å². The molecule has 1 saturated carbocycles. The number of fused-ring (bicyclic) bond motifs is 1. The van der Waals surface area contributed by atoms with E-state index in [1.54, 1.807) is 0 Å². The number of nitrogens with zero attached hydrogens (tertiary/aromatic N) is 1. The van der Waals surface area contributed by atoms with Gasteiger partial charge in [-0.1, -0.05) is 63.8 Å². The minimum atomic E-state index is -1.95. The number of nitrogens with one attached hydrogen (secondary N) is 1. The van der Waals surface area contributed by atoms with E-state index >= 15 is 0 Å². The minimum absolute atomic E-state index is 0.350. The van der Waals surface area contributed by atoms with Crippen LogP contribution in [0.25, 0.3) is 0 Å². The molecule has 0 amide bonds. The Morgan fingerprint density at radius 1 is 1.19 bits per heavy atom. The molecule has 1 saturated heterocycles. The number of unbranched alkanes of at least 4 members (excludes halogenated alkanes) is 3. The topological polar surface area (TPSA) is 52.6 Å². The van der Waals surface area contributed by atoms with Crippen molar-refractivity contribution in [2.75, 3.05) is 19.6 Å². The van der Waals surface area contributed by atoms with E-state index in [9.17, 15) is 4.21 Å². The highest BCUT2D eigenvalue weighted by molar-refractivity contribution is 7.77. The number of likely N-dealkylation sites (tertiary alicyclic amines) is 1. The Morgan fingerprint density at radius 2 is 1.96 bits per heavy atom. The lowest BCUT2D eigenvalue weighted by atomic mass is 9.85. The Balaban J connectivity index is 1.63. The zero-order valence-electron chi connectivity index (χ0n) is 16.2. The van der Waals surface area contributed by atoms with Crippen LogP contribution in [0.3, 0.4) is 0 Å². The van der Waals surface area contributed by atoms with Gasteiger partial charge in [0, 0.05) is 25.0 Å². The first-order chi connectivity index (χ1) is 12.6. The molecule has 26 heavy (non-hydrogen) atoms. The van der Waals surface area contributed by atoms with Gasteiger partial charge in [0.15, 0.2) is 0 Å². The van der Waals surface area contributed by atoms with Gasteiger partial charge in [-0.3, -0.25) is 4.55 Å². The number of hydrogen-bond donors (Lipinski definition) is 2. The van der Waals surface area contributed by atoms with Gasteiger partial charge in [0.1, 0.15) is 0 Å². The van der Waals surface area contributed by atoms with Crippen LogP contribution in [-0.4, -0.2) is 33.3 Å². The van der Waals surface area contributed by atoms with E-state index in [-0.39, 0.29) is 0 Å². The monoisotopic (exact) mass is 378 g/mol. The largest absolute Gasteiger partial charge is 0.303 e. The van der Waals surface area contributed by atoms with Gasteiger partial charge in [0.2, 0.25) is 11.3 Å².